The van der Waals surface area contributed by atoms with Gasteiger partial charge in [0.2, 0.25) is 0 Å². The zero-order valence-electron chi connectivity index (χ0n) is 16.6. The topological polar surface area (TPSA) is 74.2 Å². The highest BCUT2D eigenvalue weighted by atomic mass is 127. The number of hydrogen-bond donors (Lipinski definition) is 1. The molecular weight excluding hydrogens is 491 g/mol. The predicted molar refractivity (Wildman–Crippen MR) is 125 cm³/mol. The lowest BCUT2D eigenvalue weighted by Crippen LogP contribution is -2.52. The van der Waals surface area contributed by atoms with E-state index in [1.54, 1.807) is 7.11 Å². The van der Waals surface area contributed by atoms with E-state index in [0.29, 0.717) is 12.3 Å². The van der Waals surface area contributed by atoms with E-state index in [1.807, 2.05) is 12.1 Å². The number of aliphatic imine (C=N–C) groups is 1. The van der Waals surface area contributed by atoms with Crippen molar-refractivity contribution in [3.8, 4) is 5.75 Å². The van der Waals surface area contributed by atoms with Gasteiger partial charge in [-0.3, -0.25) is 4.99 Å². The molecule has 0 amide bonds. The molecule has 1 unspecified atom stereocenters. The first kappa shape index (κ1) is 23.1. The Hall–Kier alpha value is -1.23. The van der Waals surface area contributed by atoms with E-state index in [4.69, 9.17) is 9.73 Å². The van der Waals surface area contributed by atoms with Crippen molar-refractivity contribution in [2.75, 3.05) is 62.8 Å². The number of nitrogens with zero attached hydrogens (tertiary/aromatic N) is 3. The van der Waals surface area contributed by atoms with Crippen LogP contribution in [-0.4, -0.2) is 77.2 Å². The smallest absolute Gasteiger partial charge is 0.194 e. The Balaban J connectivity index is 0.00000280. The van der Waals surface area contributed by atoms with Gasteiger partial charge in [0.1, 0.15) is 5.75 Å². The maximum absolute atomic E-state index is 11.6. The maximum atomic E-state index is 11.6. The third-order valence-electron chi connectivity index (χ3n) is 5.18. The van der Waals surface area contributed by atoms with Gasteiger partial charge in [0.25, 0.3) is 0 Å². The Morgan fingerprint density at radius 3 is 2.43 bits per heavy atom. The summed E-state index contributed by atoms with van der Waals surface area (Å²) in [6.07, 6.45) is 0.733. The summed E-state index contributed by atoms with van der Waals surface area (Å²) >= 11 is 0. The molecule has 2 aliphatic heterocycles. The SMILES string of the molecule is CCNC(=NCC1CCS(=O)(=O)C1)N1CCN(c2ccc(OC)cc2)CC1.I. The van der Waals surface area contributed by atoms with Crippen molar-refractivity contribution in [3.63, 3.8) is 0 Å². The first-order valence-corrected chi connectivity index (χ1v) is 11.5. The molecule has 9 heteroatoms. The summed E-state index contributed by atoms with van der Waals surface area (Å²) in [5, 5.41) is 3.36. The van der Waals surface area contributed by atoms with E-state index in [2.05, 4.69) is 34.2 Å². The molecule has 0 spiro atoms. The third kappa shape index (κ3) is 6.13. The summed E-state index contributed by atoms with van der Waals surface area (Å²) in [5.41, 5.74) is 1.20. The Bertz CT molecular complexity index is 747. The van der Waals surface area contributed by atoms with Crippen LogP contribution in [0.4, 0.5) is 5.69 Å². The number of hydrogen-bond acceptors (Lipinski definition) is 5. The second-order valence-corrected chi connectivity index (χ2v) is 9.36. The molecule has 0 bridgehead atoms. The van der Waals surface area contributed by atoms with Gasteiger partial charge in [-0.05, 0) is 43.5 Å². The van der Waals surface area contributed by atoms with E-state index in [1.165, 1.54) is 5.69 Å². The molecule has 1 aromatic rings. The van der Waals surface area contributed by atoms with Gasteiger partial charge >= 0.3 is 0 Å². The number of nitrogens with one attached hydrogen (secondary N) is 1. The van der Waals surface area contributed by atoms with E-state index in [0.717, 1.165) is 50.9 Å². The van der Waals surface area contributed by atoms with Gasteiger partial charge in [0.15, 0.2) is 15.8 Å². The van der Waals surface area contributed by atoms with Crippen molar-refractivity contribution < 1.29 is 13.2 Å². The number of benzene rings is 1. The van der Waals surface area contributed by atoms with Crippen LogP contribution in [0.15, 0.2) is 29.3 Å². The highest BCUT2D eigenvalue weighted by Crippen LogP contribution is 2.21. The van der Waals surface area contributed by atoms with Crippen LogP contribution in [0.1, 0.15) is 13.3 Å². The first-order valence-electron chi connectivity index (χ1n) is 9.63. The summed E-state index contributed by atoms with van der Waals surface area (Å²) in [7, 11) is -1.17. The van der Waals surface area contributed by atoms with Crippen LogP contribution < -0.4 is 15.0 Å². The van der Waals surface area contributed by atoms with Crippen molar-refractivity contribution in [1.29, 1.82) is 0 Å². The molecule has 2 fully saturated rings. The fourth-order valence-corrected chi connectivity index (χ4v) is 5.48. The number of piperazine rings is 1. The quantitative estimate of drug-likeness (QED) is 0.362. The summed E-state index contributed by atoms with van der Waals surface area (Å²) in [6.45, 7) is 7.08. The second-order valence-electron chi connectivity index (χ2n) is 7.14. The average Bonchev–Trinajstić information content (AvgIpc) is 3.04. The first-order chi connectivity index (χ1) is 13.0. The molecule has 2 heterocycles. The lowest BCUT2D eigenvalue weighted by atomic mass is 10.1. The lowest BCUT2D eigenvalue weighted by molar-refractivity contribution is 0.371. The Labute approximate surface area is 185 Å². The van der Waals surface area contributed by atoms with Crippen molar-refractivity contribution >= 4 is 45.5 Å². The molecule has 7 nitrogen and oxygen atoms in total. The number of guanidine groups is 1. The fraction of sp³-hybridized carbons (Fsp3) is 0.632. The van der Waals surface area contributed by atoms with Crippen molar-refractivity contribution in [3.05, 3.63) is 24.3 Å². The number of sulfone groups is 1. The van der Waals surface area contributed by atoms with E-state index >= 15 is 0 Å². The fourth-order valence-electron chi connectivity index (χ4n) is 3.63. The van der Waals surface area contributed by atoms with Crippen LogP contribution in [0.5, 0.6) is 5.75 Å². The second kappa shape index (κ2) is 10.5. The minimum atomic E-state index is -2.84. The number of methoxy groups -OCH3 is 1. The molecule has 1 aromatic carbocycles. The monoisotopic (exact) mass is 522 g/mol. The van der Waals surface area contributed by atoms with Crippen molar-refractivity contribution in [2.45, 2.75) is 13.3 Å². The van der Waals surface area contributed by atoms with E-state index in [-0.39, 0.29) is 35.6 Å². The number of anilines is 1. The highest BCUT2D eigenvalue weighted by Gasteiger charge is 2.28. The zero-order chi connectivity index (χ0) is 19.3. The van der Waals surface area contributed by atoms with Gasteiger partial charge in [-0.15, -0.1) is 24.0 Å². The minimum Gasteiger partial charge on any atom is -0.497 e. The largest absolute Gasteiger partial charge is 0.497 e. The Morgan fingerprint density at radius 1 is 1.21 bits per heavy atom. The average molecular weight is 522 g/mol. The molecule has 2 aliphatic rings. The molecule has 1 N–H and O–H groups in total. The maximum Gasteiger partial charge on any atom is 0.194 e. The normalized spacial score (nSPS) is 21.9. The van der Waals surface area contributed by atoms with Crippen LogP contribution in [0.25, 0.3) is 0 Å². The Morgan fingerprint density at radius 2 is 1.89 bits per heavy atom. The standard InChI is InChI=1S/C19H30N4O3S.HI/c1-3-20-19(21-14-16-8-13-27(24,25)15-16)23-11-9-22(10-12-23)17-4-6-18(26-2)7-5-17;/h4-7,16H,3,8-15H2,1-2H3,(H,20,21);1H. The van der Waals surface area contributed by atoms with Gasteiger partial charge in [-0.2, -0.15) is 0 Å². The van der Waals surface area contributed by atoms with Gasteiger partial charge in [-0.1, -0.05) is 0 Å². The van der Waals surface area contributed by atoms with Crippen LogP contribution in [0.2, 0.25) is 0 Å². The zero-order valence-corrected chi connectivity index (χ0v) is 19.8. The summed E-state index contributed by atoms with van der Waals surface area (Å²) < 4.78 is 28.5. The van der Waals surface area contributed by atoms with E-state index < -0.39 is 9.84 Å². The molecule has 0 radical (unpaired) electrons. The summed E-state index contributed by atoms with van der Waals surface area (Å²) in [4.78, 5) is 9.37. The van der Waals surface area contributed by atoms with Crippen molar-refractivity contribution in [1.82, 2.24) is 10.2 Å². The molecule has 0 aliphatic carbocycles. The molecule has 28 heavy (non-hydrogen) atoms. The molecule has 0 aromatic heterocycles. The van der Waals surface area contributed by atoms with Gasteiger partial charge < -0.3 is 19.9 Å². The van der Waals surface area contributed by atoms with Crippen LogP contribution in [0, 0.1) is 5.92 Å². The summed E-state index contributed by atoms with van der Waals surface area (Å²) in [5.74, 6) is 2.51. The van der Waals surface area contributed by atoms with Gasteiger partial charge in [0.05, 0.1) is 18.6 Å². The number of rotatable bonds is 5. The molecule has 2 saturated heterocycles. The molecule has 158 valence electrons. The van der Waals surface area contributed by atoms with Gasteiger partial charge in [0, 0.05) is 45.0 Å². The van der Waals surface area contributed by atoms with Gasteiger partial charge in [-0.25, -0.2) is 8.42 Å². The number of halogens is 1. The van der Waals surface area contributed by atoms with Crippen molar-refractivity contribution in [2.24, 2.45) is 10.9 Å². The molecular formula is C19H31IN4O3S. The third-order valence-corrected chi connectivity index (χ3v) is 7.01. The number of ether oxygens (including phenoxy) is 1. The van der Waals surface area contributed by atoms with Crippen LogP contribution in [0.3, 0.4) is 0 Å². The van der Waals surface area contributed by atoms with Crippen LogP contribution >= 0.6 is 24.0 Å². The Kier molecular flexibility index (Phi) is 8.66. The van der Waals surface area contributed by atoms with Crippen LogP contribution in [-0.2, 0) is 9.84 Å². The predicted octanol–water partition coefficient (Wildman–Crippen LogP) is 1.84. The highest BCUT2D eigenvalue weighted by molar-refractivity contribution is 14.0. The molecule has 0 saturated carbocycles. The molecule has 1 atom stereocenters. The minimum absolute atomic E-state index is 0. The van der Waals surface area contributed by atoms with E-state index in [9.17, 15) is 8.42 Å². The summed E-state index contributed by atoms with van der Waals surface area (Å²) in [6, 6.07) is 8.16. The lowest BCUT2D eigenvalue weighted by Gasteiger charge is -2.37. The molecule has 3 rings (SSSR count).